The number of carbonyl (C=O) groups is 1. The second-order valence-electron chi connectivity index (χ2n) is 3.20. The molecule has 0 aliphatic heterocycles. The van der Waals surface area contributed by atoms with Crippen LogP contribution in [0.2, 0.25) is 0 Å². The minimum absolute atomic E-state index is 0.274. The minimum atomic E-state index is -0.275. The molecular weight excluding hydrogens is 218 g/mol. The average molecular weight is 229 g/mol. The lowest BCUT2D eigenvalue weighted by Crippen LogP contribution is -2.15. The van der Waals surface area contributed by atoms with Crippen LogP contribution in [0.25, 0.3) is 0 Å². The van der Waals surface area contributed by atoms with Crippen molar-refractivity contribution >= 4 is 17.5 Å². The third-order valence-corrected chi connectivity index (χ3v) is 2.13. The highest BCUT2D eigenvalue weighted by Crippen LogP contribution is 2.13. The van der Waals surface area contributed by atoms with E-state index in [1.165, 1.54) is 0 Å². The number of nitrogens with zero attached hydrogens (tertiary/aromatic N) is 3. The van der Waals surface area contributed by atoms with E-state index in [-0.39, 0.29) is 11.9 Å². The van der Waals surface area contributed by atoms with Gasteiger partial charge in [0, 0.05) is 25.6 Å². The fraction of sp³-hybridized carbons (Fsp3) is 0.0909. The first kappa shape index (κ1) is 11.0. The lowest BCUT2D eigenvalue weighted by atomic mass is 10.2. The van der Waals surface area contributed by atoms with Crippen molar-refractivity contribution in [3.05, 3.63) is 42.5 Å². The lowest BCUT2D eigenvalue weighted by molar-refractivity contribution is 0.102. The smallest absolute Gasteiger partial charge is 0.260 e. The number of nitrogens with one attached hydrogen (secondary N) is 2. The van der Waals surface area contributed by atoms with E-state index < -0.39 is 0 Å². The van der Waals surface area contributed by atoms with Gasteiger partial charge in [0.05, 0.1) is 17.4 Å². The molecule has 0 saturated carbocycles. The van der Waals surface area contributed by atoms with Crippen LogP contribution in [-0.2, 0) is 0 Å². The molecule has 0 aliphatic rings. The van der Waals surface area contributed by atoms with Gasteiger partial charge < -0.3 is 5.32 Å². The molecule has 0 atom stereocenters. The number of hydrogen-bond acceptors (Lipinski definition) is 5. The van der Waals surface area contributed by atoms with Gasteiger partial charge in [0.1, 0.15) is 0 Å². The van der Waals surface area contributed by atoms with Crippen molar-refractivity contribution < 1.29 is 4.79 Å². The zero-order valence-electron chi connectivity index (χ0n) is 9.21. The van der Waals surface area contributed by atoms with E-state index in [0.717, 1.165) is 0 Å². The van der Waals surface area contributed by atoms with Crippen molar-refractivity contribution in [3.63, 3.8) is 0 Å². The van der Waals surface area contributed by atoms with Crippen molar-refractivity contribution in [3.8, 4) is 0 Å². The van der Waals surface area contributed by atoms with E-state index in [1.54, 1.807) is 44.0 Å². The van der Waals surface area contributed by atoms with Gasteiger partial charge in [-0.05, 0) is 12.1 Å². The summed E-state index contributed by atoms with van der Waals surface area (Å²) >= 11 is 0. The monoisotopic (exact) mass is 229 g/mol. The number of carbonyl (C=O) groups excluding carboxylic acids is 1. The van der Waals surface area contributed by atoms with Gasteiger partial charge in [-0.15, -0.1) is 0 Å². The highest BCUT2D eigenvalue weighted by atomic mass is 16.1. The summed E-state index contributed by atoms with van der Waals surface area (Å²) in [6.07, 6.45) is 6.27. The van der Waals surface area contributed by atoms with Crippen molar-refractivity contribution in [2.75, 3.05) is 17.7 Å². The molecule has 17 heavy (non-hydrogen) atoms. The second kappa shape index (κ2) is 5.02. The first-order valence-electron chi connectivity index (χ1n) is 5.01. The Balaban J connectivity index is 2.20. The number of amides is 1. The second-order valence-corrected chi connectivity index (χ2v) is 3.20. The van der Waals surface area contributed by atoms with Crippen LogP contribution in [0, 0.1) is 0 Å². The average Bonchev–Trinajstić information content (AvgIpc) is 2.40. The molecule has 2 rings (SSSR count). The number of hydrogen-bond donors (Lipinski definition) is 2. The maximum absolute atomic E-state index is 11.9. The summed E-state index contributed by atoms with van der Waals surface area (Å²) < 4.78 is 0. The molecule has 2 aromatic rings. The van der Waals surface area contributed by atoms with Crippen LogP contribution < -0.4 is 10.6 Å². The molecule has 0 bridgehead atoms. The first-order chi connectivity index (χ1) is 8.31. The molecule has 0 radical (unpaired) electrons. The summed E-state index contributed by atoms with van der Waals surface area (Å²) in [6.45, 7) is 0. The zero-order chi connectivity index (χ0) is 12.1. The number of anilines is 2. The predicted molar refractivity (Wildman–Crippen MR) is 63.8 cm³/mol. The molecule has 2 aromatic heterocycles. The van der Waals surface area contributed by atoms with Crippen LogP contribution in [-0.4, -0.2) is 27.9 Å². The quantitative estimate of drug-likeness (QED) is 0.825. The van der Waals surface area contributed by atoms with Crippen molar-refractivity contribution in [2.45, 2.75) is 0 Å². The minimum Gasteiger partial charge on any atom is -0.386 e. The summed E-state index contributed by atoms with van der Waals surface area (Å²) in [5, 5.41) is 5.50. The van der Waals surface area contributed by atoms with E-state index in [2.05, 4.69) is 25.6 Å². The van der Waals surface area contributed by atoms with Gasteiger partial charge in [0.25, 0.3) is 5.91 Å². The van der Waals surface area contributed by atoms with E-state index in [0.29, 0.717) is 11.3 Å². The van der Waals surface area contributed by atoms with E-state index >= 15 is 0 Å². The highest BCUT2D eigenvalue weighted by molar-refractivity contribution is 6.07. The fourth-order valence-electron chi connectivity index (χ4n) is 1.32. The third-order valence-electron chi connectivity index (χ3n) is 2.13. The van der Waals surface area contributed by atoms with Crippen LogP contribution in [0.15, 0.2) is 36.9 Å². The Morgan fingerprint density at radius 2 is 2.00 bits per heavy atom. The van der Waals surface area contributed by atoms with Gasteiger partial charge in [-0.1, -0.05) is 0 Å². The van der Waals surface area contributed by atoms with E-state index in [9.17, 15) is 4.79 Å². The van der Waals surface area contributed by atoms with Crippen LogP contribution >= 0.6 is 0 Å². The first-order valence-corrected chi connectivity index (χ1v) is 5.01. The molecule has 2 N–H and O–H groups in total. The molecule has 6 heteroatoms. The number of pyridine rings is 1. The van der Waals surface area contributed by atoms with E-state index in [4.69, 9.17) is 0 Å². The Kier molecular flexibility index (Phi) is 3.25. The Bertz CT molecular complexity index is 514. The van der Waals surface area contributed by atoms with Gasteiger partial charge in [-0.3, -0.25) is 15.1 Å². The van der Waals surface area contributed by atoms with Gasteiger partial charge in [0.15, 0.2) is 0 Å². The summed E-state index contributed by atoms with van der Waals surface area (Å²) in [7, 11) is 1.73. The van der Waals surface area contributed by atoms with Gasteiger partial charge in [0.2, 0.25) is 5.95 Å². The van der Waals surface area contributed by atoms with Gasteiger partial charge in [-0.25, -0.2) is 9.97 Å². The third kappa shape index (κ3) is 2.54. The Morgan fingerprint density at radius 1 is 1.24 bits per heavy atom. The molecule has 6 nitrogen and oxygen atoms in total. The molecule has 0 aromatic carbocycles. The van der Waals surface area contributed by atoms with Gasteiger partial charge in [-0.2, -0.15) is 0 Å². The van der Waals surface area contributed by atoms with Crippen molar-refractivity contribution in [1.29, 1.82) is 0 Å². The fourth-order valence-corrected chi connectivity index (χ4v) is 1.32. The standard InChI is InChI=1S/C11H11N5O/c1-12-9-7-13-6-3-8(9)10(17)16-11-14-4-2-5-15-11/h2-7,12H,1H3,(H,14,15,16,17). The summed E-state index contributed by atoms with van der Waals surface area (Å²) in [4.78, 5) is 23.7. The summed E-state index contributed by atoms with van der Waals surface area (Å²) in [5.74, 6) is -0.000634. The molecule has 0 aliphatic carbocycles. The van der Waals surface area contributed by atoms with Crippen LogP contribution in [0.4, 0.5) is 11.6 Å². The largest absolute Gasteiger partial charge is 0.386 e. The Hall–Kier alpha value is -2.50. The van der Waals surface area contributed by atoms with Crippen LogP contribution in [0.3, 0.4) is 0 Å². The highest BCUT2D eigenvalue weighted by Gasteiger charge is 2.11. The number of aromatic nitrogens is 3. The Labute approximate surface area is 98.1 Å². The van der Waals surface area contributed by atoms with Crippen molar-refractivity contribution in [2.24, 2.45) is 0 Å². The molecule has 86 valence electrons. The topological polar surface area (TPSA) is 79.8 Å². The van der Waals surface area contributed by atoms with Crippen LogP contribution in [0.5, 0.6) is 0 Å². The molecule has 0 unspecified atom stereocenters. The van der Waals surface area contributed by atoms with Crippen LogP contribution in [0.1, 0.15) is 10.4 Å². The lowest BCUT2D eigenvalue weighted by Gasteiger charge is -2.07. The van der Waals surface area contributed by atoms with E-state index in [1.807, 2.05) is 0 Å². The molecule has 2 heterocycles. The number of rotatable bonds is 3. The predicted octanol–water partition coefficient (Wildman–Crippen LogP) is 1.17. The summed E-state index contributed by atoms with van der Waals surface area (Å²) in [6, 6.07) is 3.31. The molecule has 0 saturated heterocycles. The Morgan fingerprint density at radius 3 is 2.71 bits per heavy atom. The zero-order valence-corrected chi connectivity index (χ0v) is 9.21. The maximum Gasteiger partial charge on any atom is 0.260 e. The van der Waals surface area contributed by atoms with Gasteiger partial charge >= 0.3 is 0 Å². The molecule has 0 fully saturated rings. The molecular formula is C11H11N5O. The normalized spacial score (nSPS) is 9.71. The molecule has 0 spiro atoms. The maximum atomic E-state index is 11.9. The van der Waals surface area contributed by atoms with Crippen molar-refractivity contribution in [1.82, 2.24) is 15.0 Å². The SMILES string of the molecule is CNc1cnccc1C(=O)Nc1ncccn1. The summed E-state index contributed by atoms with van der Waals surface area (Å²) in [5.41, 5.74) is 1.15. The molecule has 1 amide bonds.